The molecule has 2 rings (SSSR count). The molecule has 1 aliphatic carbocycles. The SMILES string of the molecule is CC1CCN(C2CCCC2)CC(CC(=O)O)N1. The van der Waals surface area contributed by atoms with E-state index in [0.717, 1.165) is 19.5 Å². The molecule has 4 nitrogen and oxygen atoms in total. The lowest BCUT2D eigenvalue weighted by Gasteiger charge is -2.29. The van der Waals surface area contributed by atoms with Crippen molar-refractivity contribution in [1.82, 2.24) is 10.2 Å². The van der Waals surface area contributed by atoms with Gasteiger partial charge in [0.15, 0.2) is 0 Å². The zero-order valence-corrected chi connectivity index (χ0v) is 10.7. The quantitative estimate of drug-likeness (QED) is 0.784. The van der Waals surface area contributed by atoms with Gasteiger partial charge < -0.3 is 10.4 Å². The van der Waals surface area contributed by atoms with Gasteiger partial charge in [-0.2, -0.15) is 0 Å². The van der Waals surface area contributed by atoms with Crippen LogP contribution in [0.3, 0.4) is 0 Å². The topological polar surface area (TPSA) is 52.6 Å². The maximum Gasteiger partial charge on any atom is 0.304 e. The molecule has 1 heterocycles. The summed E-state index contributed by atoms with van der Waals surface area (Å²) in [5.74, 6) is -0.692. The summed E-state index contributed by atoms with van der Waals surface area (Å²) >= 11 is 0. The van der Waals surface area contributed by atoms with Gasteiger partial charge in [-0.15, -0.1) is 0 Å². The van der Waals surface area contributed by atoms with E-state index in [1.165, 1.54) is 25.7 Å². The van der Waals surface area contributed by atoms with Crippen molar-refractivity contribution in [1.29, 1.82) is 0 Å². The molecular weight excluding hydrogens is 216 g/mol. The Hall–Kier alpha value is -0.610. The van der Waals surface area contributed by atoms with Gasteiger partial charge in [0, 0.05) is 24.7 Å². The van der Waals surface area contributed by atoms with E-state index in [4.69, 9.17) is 5.11 Å². The standard InChI is InChI=1S/C13H24N2O2/c1-10-6-7-15(12-4-2-3-5-12)9-11(14-10)8-13(16)17/h10-12,14H,2-9H2,1H3,(H,16,17). The molecule has 1 saturated heterocycles. The first-order valence-electron chi connectivity index (χ1n) is 6.87. The number of rotatable bonds is 3. The van der Waals surface area contributed by atoms with E-state index in [0.29, 0.717) is 12.1 Å². The van der Waals surface area contributed by atoms with Crippen LogP contribution < -0.4 is 5.32 Å². The molecule has 4 heteroatoms. The van der Waals surface area contributed by atoms with Gasteiger partial charge in [-0.05, 0) is 32.7 Å². The molecule has 1 aliphatic heterocycles. The van der Waals surface area contributed by atoms with Crippen molar-refractivity contribution in [2.24, 2.45) is 0 Å². The summed E-state index contributed by atoms with van der Waals surface area (Å²) in [7, 11) is 0. The van der Waals surface area contributed by atoms with Crippen LogP contribution in [0.4, 0.5) is 0 Å². The van der Waals surface area contributed by atoms with Crippen LogP contribution in [-0.4, -0.2) is 47.2 Å². The van der Waals surface area contributed by atoms with Crippen LogP contribution >= 0.6 is 0 Å². The molecule has 98 valence electrons. The maximum absolute atomic E-state index is 10.9. The molecule has 2 N–H and O–H groups in total. The van der Waals surface area contributed by atoms with E-state index in [1.807, 2.05) is 0 Å². The van der Waals surface area contributed by atoms with Crippen molar-refractivity contribution < 1.29 is 9.90 Å². The minimum absolute atomic E-state index is 0.116. The van der Waals surface area contributed by atoms with Crippen molar-refractivity contribution in [2.75, 3.05) is 13.1 Å². The fourth-order valence-electron chi connectivity index (χ4n) is 3.21. The summed E-state index contributed by atoms with van der Waals surface area (Å²) in [5, 5.41) is 12.4. The van der Waals surface area contributed by atoms with Gasteiger partial charge in [0.2, 0.25) is 0 Å². The van der Waals surface area contributed by atoms with Crippen molar-refractivity contribution >= 4 is 5.97 Å². The number of carbonyl (C=O) groups is 1. The summed E-state index contributed by atoms with van der Waals surface area (Å²) < 4.78 is 0. The molecule has 0 aromatic rings. The fraction of sp³-hybridized carbons (Fsp3) is 0.923. The largest absolute Gasteiger partial charge is 0.481 e. The third-order valence-corrected chi connectivity index (χ3v) is 4.09. The monoisotopic (exact) mass is 240 g/mol. The van der Waals surface area contributed by atoms with Crippen molar-refractivity contribution in [2.45, 2.75) is 63.6 Å². The number of carboxylic acid groups (broad SMARTS) is 1. The van der Waals surface area contributed by atoms with Gasteiger partial charge in [-0.25, -0.2) is 0 Å². The fourth-order valence-corrected chi connectivity index (χ4v) is 3.21. The summed E-state index contributed by atoms with van der Waals surface area (Å²) in [4.78, 5) is 13.4. The average Bonchev–Trinajstić information content (AvgIpc) is 2.70. The second-order valence-corrected chi connectivity index (χ2v) is 5.58. The van der Waals surface area contributed by atoms with Crippen LogP contribution in [0.15, 0.2) is 0 Å². The zero-order chi connectivity index (χ0) is 12.3. The van der Waals surface area contributed by atoms with Crippen LogP contribution in [0.2, 0.25) is 0 Å². The van der Waals surface area contributed by atoms with Crippen molar-refractivity contribution in [3.8, 4) is 0 Å². The third kappa shape index (κ3) is 3.68. The summed E-state index contributed by atoms with van der Waals surface area (Å²) in [5.41, 5.74) is 0. The van der Waals surface area contributed by atoms with Gasteiger partial charge in [-0.3, -0.25) is 9.69 Å². The van der Waals surface area contributed by atoms with E-state index in [1.54, 1.807) is 0 Å². The molecule has 0 radical (unpaired) electrons. The van der Waals surface area contributed by atoms with Gasteiger partial charge >= 0.3 is 5.97 Å². The Morgan fingerprint density at radius 2 is 2.06 bits per heavy atom. The highest BCUT2D eigenvalue weighted by Gasteiger charge is 2.29. The van der Waals surface area contributed by atoms with Gasteiger partial charge in [0.25, 0.3) is 0 Å². The smallest absolute Gasteiger partial charge is 0.304 e. The molecule has 2 fully saturated rings. The van der Waals surface area contributed by atoms with Crippen molar-refractivity contribution in [3.63, 3.8) is 0 Å². The zero-order valence-electron chi connectivity index (χ0n) is 10.7. The minimum atomic E-state index is -0.692. The molecule has 0 amide bonds. The Balaban J connectivity index is 1.94. The molecule has 0 aromatic heterocycles. The Bertz CT molecular complexity index is 264. The van der Waals surface area contributed by atoms with E-state index in [-0.39, 0.29) is 12.5 Å². The molecule has 0 aromatic carbocycles. The Kier molecular flexibility index (Phi) is 4.40. The number of aliphatic carboxylic acids is 1. The van der Waals surface area contributed by atoms with Crippen LogP contribution in [0.5, 0.6) is 0 Å². The first-order chi connectivity index (χ1) is 8.15. The molecule has 0 bridgehead atoms. The van der Waals surface area contributed by atoms with E-state index < -0.39 is 5.97 Å². The third-order valence-electron chi connectivity index (χ3n) is 4.09. The molecule has 17 heavy (non-hydrogen) atoms. The average molecular weight is 240 g/mol. The molecule has 1 saturated carbocycles. The van der Waals surface area contributed by atoms with E-state index in [2.05, 4.69) is 17.1 Å². The molecule has 2 atom stereocenters. The maximum atomic E-state index is 10.9. The number of hydrogen-bond acceptors (Lipinski definition) is 3. The molecule has 2 unspecified atom stereocenters. The van der Waals surface area contributed by atoms with E-state index in [9.17, 15) is 4.79 Å². The summed E-state index contributed by atoms with van der Waals surface area (Å²) in [6.45, 7) is 4.18. The second kappa shape index (κ2) is 5.83. The lowest BCUT2D eigenvalue weighted by Crippen LogP contribution is -2.44. The minimum Gasteiger partial charge on any atom is -0.481 e. The Morgan fingerprint density at radius 3 is 2.71 bits per heavy atom. The Labute approximate surface area is 103 Å². The number of nitrogens with one attached hydrogen (secondary N) is 1. The van der Waals surface area contributed by atoms with Crippen LogP contribution in [-0.2, 0) is 4.79 Å². The first kappa shape index (κ1) is 12.8. The first-order valence-corrected chi connectivity index (χ1v) is 6.87. The lowest BCUT2D eigenvalue weighted by molar-refractivity contribution is -0.137. The van der Waals surface area contributed by atoms with Gasteiger partial charge in [0.1, 0.15) is 0 Å². The van der Waals surface area contributed by atoms with E-state index >= 15 is 0 Å². The predicted octanol–water partition coefficient (Wildman–Crippen LogP) is 1.46. The molecule has 2 aliphatic rings. The van der Waals surface area contributed by atoms with Crippen molar-refractivity contribution in [3.05, 3.63) is 0 Å². The highest BCUT2D eigenvalue weighted by molar-refractivity contribution is 5.67. The van der Waals surface area contributed by atoms with Crippen LogP contribution in [0, 0.1) is 0 Å². The molecular formula is C13H24N2O2. The predicted molar refractivity (Wildman–Crippen MR) is 67.1 cm³/mol. The van der Waals surface area contributed by atoms with Gasteiger partial charge in [0.05, 0.1) is 6.42 Å². The highest BCUT2D eigenvalue weighted by atomic mass is 16.4. The lowest BCUT2D eigenvalue weighted by atomic mass is 10.1. The highest BCUT2D eigenvalue weighted by Crippen LogP contribution is 2.25. The number of nitrogens with zero attached hydrogens (tertiary/aromatic N) is 1. The summed E-state index contributed by atoms with van der Waals surface area (Å²) in [6.07, 6.45) is 6.66. The Morgan fingerprint density at radius 1 is 1.35 bits per heavy atom. The summed E-state index contributed by atoms with van der Waals surface area (Å²) in [6, 6.07) is 1.26. The molecule has 0 spiro atoms. The van der Waals surface area contributed by atoms with Crippen LogP contribution in [0.25, 0.3) is 0 Å². The second-order valence-electron chi connectivity index (χ2n) is 5.58. The normalized spacial score (nSPS) is 32.5. The number of carboxylic acids is 1. The number of hydrogen-bond donors (Lipinski definition) is 2. The van der Waals surface area contributed by atoms with Gasteiger partial charge in [-0.1, -0.05) is 12.8 Å². The van der Waals surface area contributed by atoms with Crippen LogP contribution in [0.1, 0.15) is 45.4 Å².